The van der Waals surface area contributed by atoms with Gasteiger partial charge < -0.3 is 21.1 Å². The van der Waals surface area contributed by atoms with Gasteiger partial charge in [-0.25, -0.2) is 0 Å². The average molecular weight is 253 g/mol. The molecule has 18 heavy (non-hydrogen) atoms. The van der Waals surface area contributed by atoms with Crippen molar-refractivity contribution in [3.8, 4) is 0 Å². The van der Waals surface area contributed by atoms with E-state index in [1.165, 1.54) is 0 Å². The number of aliphatic hydroxyl groups is 2. The van der Waals surface area contributed by atoms with Crippen LogP contribution >= 0.6 is 0 Å². The van der Waals surface area contributed by atoms with Crippen LogP contribution in [-0.2, 0) is 10.2 Å². The first-order valence-corrected chi connectivity index (χ1v) is 5.70. The number of rotatable bonds is 5. The van der Waals surface area contributed by atoms with Crippen molar-refractivity contribution in [1.82, 2.24) is 0 Å². The number of carbonyl (C=O) groups is 1. The summed E-state index contributed by atoms with van der Waals surface area (Å²) >= 11 is 0. The Morgan fingerprint density at radius 2 is 1.78 bits per heavy atom. The molecule has 0 aliphatic heterocycles. The van der Waals surface area contributed by atoms with E-state index in [0.717, 1.165) is 0 Å². The molecule has 0 aromatic heterocycles. The minimum atomic E-state index is -1.06. The van der Waals surface area contributed by atoms with Crippen molar-refractivity contribution in [1.29, 1.82) is 0 Å². The zero-order valence-electron chi connectivity index (χ0n) is 10.5. The fourth-order valence-electron chi connectivity index (χ4n) is 1.57. The van der Waals surface area contributed by atoms with Gasteiger partial charge in [0, 0.05) is 6.54 Å². The predicted octanol–water partition coefficient (Wildman–Crippen LogP) is 0.402. The first kappa shape index (κ1) is 14.6. The fourth-order valence-corrected chi connectivity index (χ4v) is 1.57. The Labute approximate surface area is 106 Å². The Kier molecular flexibility index (Phi) is 4.45. The number of carboxylic acids is 1. The maximum atomic E-state index is 11.1. The van der Waals surface area contributed by atoms with E-state index in [1.807, 2.05) is 0 Å². The molecule has 0 spiro atoms. The van der Waals surface area contributed by atoms with Crippen molar-refractivity contribution < 1.29 is 20.1 Å². The normalized spacial score (nSPS) is 15.2. The van der Waals surface area contributed by atoms with Crippen LogP contribution in [0.25, 0.3) is 0 Å². The van der Waals surface area contributed by atoms with Crippen LogP contribution in [-0.4, -0.2) is 33.9 Å². The van der Waals surface area contributed by atoms with Gasteiger partial charge in [0.05, 0.1) is 11.5 Å². The third kappa shape index (κ3) is 2.87. The Morgan fingerprint density at radius 1 is 1.28 bits per heavy atom. The van der Waals surface area contributed by atoms with Gasteiger partial charge in [-0.15, -0.1) is 0 Å². The van der Waals surface area contributed by atoms with E-state index in [2.05, 4.69) is 0 Å². The van der Waals surface area contributed by atoms with E-state index in [-0.39, 0.29) is 6.54 Å². The van der Waals surface area contributed by atoms with Crippen LogP contribution < -0.4 is 5.73 Å². The second kappa shape index (κ2) is 5.48. The molecule has 0 saturated heterocycles. The lowest BCUT2D eigenvalue weighted by Crippen LogP contribution is -2.29. The topological polar surface area (TPSA) is 104 Å². The lowest BCUT2D eigenvalue weighted by atomic mass is 9.84. The molecule has 0 heterocycles. The summed E-state index contributed by atoms with van der Waals surface area (Å²) in [5.74, 6) is -0.919. The van der Waals surface area contributed by atoms with Crippen molar-refractivity contribution in [2.24, 2.45) is 5.73 Å². The van der Waals surface area contributed by atoms with Gasteiger partial charge in [-0.3, -0.25) is 4.79 Å². The molecule has 1 aromatic rings. The number of hydrogen-bond donors (Lipinski definition) is 4. The SMILES string of the molecule is CC(C)(C(=O)O)c1ccc(C(O)C(O)CN)cc1. The van der Waals surface area contributed by atoms with Gasteiger partial charge in [0.25, 0.3) is 0 Å². The lowest BCUT2D eigenvalue weighted by Gasteiger charge is -2.21. The van der Waals surface area contributed by atoms with E-state index < -0.39 is 23.6 Å². The van der Waals surface area contributed by atoms with Gasteiger partial charge in [-0.2, -0.15) is 0 Å². The summed E-state index contributed by atoms with van der Waals surface area (Å²) in [6.07, 6.45) is -2.08. The third-order valence-electron chi connectivity index (χ3n) is 3.11. The quantitative estimate of drug-likeness (QED) is 0.608. The van der Waals surface area contributed by atoms with Crippen molar-refractivity contribution in [3.05, 3.63) is 35.4 Å². The molecule has 2 atom stereocenters. The molecule has 0 amide bonds. The number of hydrogen-bond acceptors (Lipinski definition) is 4. The van der Waals surface area contributed by atoms with Crippen LogP contribution in [0, 0.1) is 0 Å². The van der Waals surface area contributed by atoms with E-state index >= 15 is 0 Å². The highest BCUT2D eigenvalue weighted by molar-refractivity contribution is 5.80. The van der Waals surface area contributed by atoms with Crippen LogP contribution in [0.4, 0.5) is 0 Å². The maximum Gasteiger partial charge on any atom is 0.313 e. The molecule has 0 aliphatic rings. The second-order valence-electron chi connectivity index (χ2n) is 4.80. The van der Waals surface area contributed by atoms with Crippen molar-refractivity contribution in [2.75, 3.05) is 6.54 Å². The lowest BCUT2D eigenvalue weighted by molar-refractivity contribution is -0.142. The highest BCUT2D eigenvalue weighted by Gasteiger charge is 2.29. The monoisotopic (exact) mass is 253 g/mol. The molecule has 0 saturated carbocycles. The molecule has 5 N–H and O–H groups in total. The average Bonchev–Trinajstić information content (AvgIpc) is 2.36. The van der Waals surface area contributed by atoms with Gasteiger partial charge in [-0.05, 0) is 25.0 Å². The molecular weight excluding hydrogens is 234 g/mol. The first-order valence-electron chi connectivity index (χ1n) is 5.70. The van der Waals surface area contributed by atoms with Crippen LogP contribution in [0.5, 0.6) is 0 Å². The molecule has 2 unspecified atom stereocenters. The minimum absolute atomic E-state index is 0.0382. The Morgan fingerprint density at radius 3 is 2.17 bits per heavy atom. The minimum Gasteiger partial charge on any atom is -0.481 e. The van der Waals surface area contributed by atoms with Gasteiger partial charge >= 0.3 is 5.97 Å². The van der Waals surface area contributed by atoms with Crippen molar-refractivity contribution in [2.45, 2.75) is 31.5 Å². The number of benzene rings is 1. The molecule has 1 aromatic carbocycles. The zero-order valence-corrected chi connectivity index (χ0v) is 10.5. The Hall–Kier alpha value is -1.43. The summed E-state index contributed by atoms with van der Waals surface area (Å²) in [6, 6.07) is 6.47. The largest absolute Gasteiger partial charge is 0.481 e. The third-order valence-corrected chi connectivity index (χ3v) is 3.11. The van der Waals surface area contributed by atoms with Gasteiger partial charge in [-0.1, -0.05) is 24.3 Å². The summed E-state index contributed by atoms with van der Waals surface area (Å²) in [7, 11) is 0. The number of aliphatic hydroxyl groups excluding tert-OH is 2. The molecule has 0 radical (unpaired) electrons. The summed E-state index contributed by atoms with van der Waals surface area (Å²) in [5.41, 5.74) is 5.42. The van der Waals surface area contributed by atoms with Crippen molar-refractivity contribution >= 4 is 5.97 Å². The molecule has 0 bridgehead atoms. The van der Waals surface area contributed by atoms with Crippen LogP contribution in [0.2, 0.25) is 0 Å². The molecule has 5 nitrogen and oxygen atoms in total. The Balaban J connectivity index is 2.96. The molecular formula is C13H19NO4. The fraction of sp³-hybridized carbons (Fsp3) is 0.462. The Bertz CT molecular complexity index is 414. The maximum absolute atomic E-state index is 11.1. The molecule has 100 valence electrons. The first-order chi connectivity index (χ1) is 8.30. The van der Waals surface area contributed by atoms with Crippen LogP contribution in [0.1, 0.15) is 31.1 Å². The summed E-state index contributed by atoms with van der Waals surface area (Å²) in [5, 5.41) is 28.3. The molecule has 0 aliphatic carbocycles. The summed E-state index contributed by atoms with van der Waals surface area (Å²) < 4.78 is 0. The van der Waals surface area contributed by atoms with Gasteiger partial charge in [0.2, 0.25) is 0 Å². The summed E-state index contributed by atoms with van der Waals surface area (Å²) in [4.78, 5) is 11.1. The standard InChI is InChI=1S/C13H19NO4/c1-13(2,12(17)18)9-5-3-8(4-6-9)11(16)10(15)7-14/h3-6,10-11,15-16H,7,14H2,1-2H3,(H,17,18). The highest BCUT2D eigenvalue weighted by atomic mass is 16.4. The molecule has 1 rings (SSSR count). The van der Waals surface area contributed by atoms with E-state index in [0.29, 0.717) is 11.1 Å². The smallest absolute Gasteiger partial charge is 0.313 e. The van der Waals surface area contributed by atoms with Crippen LogP contribution in [0.3, 0.4) is 0 Å². The van der Waals surface area contributed by atoms with Crippen LogP contribution in [0.15, 0.2) is 24.3 Å². The molecule has 5 heteroatoms. The summed E-state index contributed by atoms with van der Waals surface area (Å²) in [6.45, 7) is 3.18. The van der Waals surface area contributed by atoms with E-state index in [4.69, 9.17) is 10.8 Å². The second-order valence-corrected chi connectivity index (χ2v) is 4.80. The number of aliphatic carboxylic acids is 1. The van der Waals surface area contributed by atoms with E-state index in [9.17, 15) is 15.0 Å². The molecule has 0 fully saturated rings. The van der Waals surface area contributed by atoms with Gasteiger partial charge in [0.1, 0.15) is 6.10 Å². The van der Waals surface area contributed by atoms with Crippen molar-refractivity contribution in [3.63, 3.8) is 0 Å². The number of nitrogens with two attached hydrogens (primary N) is 1. The number of carboxylic acid groups (broad SMARTS) is 1. The van der Waals surface area contributed by atoms with E-state index in [1.54, 1.807) is 38.1 Å². The van der Waals surface area contributed by atoms with Gasteiger partial charge in [0.15, 0.2) is 0 Å². The predicted molar refractivity (Wildman–Crippen MR) is 67.1 cm³/mol. The zero-order chi connectivity index (χ0) is 13.9. The highest BCUT2D eigenvalue weighted by Crippen LogP contribution is 2.25.